The predicted octanol–water partition coefficient (Wildman–Crippen LogP) is 5.27. The third-order valence-electron chi connectivity index (χ3n) is 2.84. The fraction of sp³-hybridized carbons (Fsp3) is 0. The lowest BCUT2D eigenvalue weighted by Crippen LogP contribution is -1.73. The van der Waals surface area contributed by atoms with Crippen LogP contribution < -0.4 is 0 Å². The molecule has 1 nitrogen and oxygen atoms in total. The predicted molar refractivity (Wildman–Crippen MR) is 74.6 cm³/mol. The SMILES string of the molecule is Clc1ccc(-c2coc(-c3ccccc3)c2)cc1. The van der Waals surface area contributed by atoms with Gasteiger partial charge in [0.15, 0.2) is 0 Å². The average molecular weight is 255 g/mol. The third kappa shape index (κ3) is 2.18. The Kier molecular flexibility index (Phi) is 2.91. The molecule has 0 fully saturated rings. The summed E-state index contributed by atoms with van der Waals surface area (Å²) >= 11 is 5.88. The van der Waals surface area contributed by atoms with Crippen LogP contribution in [0.1, 0.15) is 0 Å². The summed E-state index contributed by atoms with van der Waals surface area (Å²) in [6.45, 7) is 0. The molecule has 1 aromatic heterocycles. The van der Waals surface area contributed by atoms with Gasteiger partial charge in [0.05, 0.1) is 6.26 Å². The van der Waals surface area contributed by atoms with E-state index in [1.54, 1.807) is 6.26 Å². The van der Waals surface area contributed by atoms with Gasteiger partial charge in [0.25, 0.3) is 0 Å². The van der Waals surface area contributed by atoms with Gasteiger partial charge in [-0.3, -0.25) is 0 Å². The van der Waals surface area contributed by atoms with Crippen molar-refractivity contribution in [2.75, 3.05) is 0 Å². The Morgan fingerprint density at radius 1 is 0.722 bits per heavy atom. The molecule has 0 radical (unpaired) electrons. The molecular weight excluding hydrogens is 244 g/mol. The van der Waals surface area contributed by atoms with Gasteiger partial charge in [-0.25, -0.2) is 0 Å². The van der Waals surface area contributed by atoms with Crippen molar-refractivity contribution < 1.29 is 4.42 Å². The number of furan rings is 1. The number of halogens is 1. The summed E-state index contributed by atoms with van der Waals surface area (Å²) in [7, 11) is 0. The Bertz CT molecular complexity index is 638. The highest BCUT2D eigenvalue weighted by molar-refractivity contribution is 6.30. The number of benzene rings is 2. The highest BCUT2D eigenvalue weighted by Crippen LogP contribution is 2.28. The summed E-state index contributed by atoms with van der Waals surface area (Å²) in [6.07, 6.45) is 1.77. The van der Waals surface area contributed by atoms with Gasteiger partial charge in [-0.15, -0.1) is 0 Å². The lowest BCUT2D eigenvalue weighted by molar-refractivity contribution is 0.583. The second kappa shape index (κ2) is 4.71. The lowest BCUT2D eigenvalue weighted by Gasteiger charge is -1.96. The molecule has 0 N–H and O–H groups in total. The van der Waals surface area contributed by atoms with Crippen molar-refractivity contribution in [2.24, 2.45) is 0 Å². The van der Waals surface area contributed by atoms with Crippen molar-refractivity contribution >= 4 is 11.6 Å². The normalized spacial score (nSPS) is 10.5. The van der Waals surface area contributed by atoms with Crippen LogP contribution in [0.4, 0.5) is 0 Å². The van der Waals surface area contributed by atoms with Gasteiger partial charge in [0, 0.05) is 16.1 Å². The maximum absolute atomic E-state index is 5.88. The lowest BCUT2D eigenvalue weighted by atomic mass is 10.1. The number of rotatable bonds is 2. The molecule has 0 aliphatic rings. The molecular formula is C16H11ClO. The summed E-state index contributed by atoms with van der Waals surface area (Å²) in [6, 6.07) is 19.8. The molecule has 0 aliphatic heterocycles. The molecule has 0 spiro atoms. The molecule has 2 aromatic carbocycles. The van der Waals surface area contributed by atoms with Crippen LogP contribution in [0.2, 0.25) is 5.02 Å². The summed E-state index contributed by atoms with van der Waals surface area (Å²) in [5.41, 5.74) is 3.24. The van der Waals surface area contributed by atoms with Gasteiger partial charge in [0.2, 0.25) is 0 Å². The Labute approximate surface area is 111 Å². The van der Waals surface area contributed by atoms with Gasteiger partial charge >= 0.3 is 0 Å². The highest BCUT2D eigenvalue weighted by Gasteiger charge is 2.05. The zero-order chi connectivity index (χ0) is 12.4. The van der Waals surface area contributed by atoms with E-state index in [-0.39, 0.29) is 0 Å². The van der Waals surface area contributed by atoms with E-state index in [0.29, 0.717) is 0 Å². The van der Waals surface area contributed by atoms with Crippen LogP contribution in [0.3, 0.4) is 0 Å². The molecule has 0 saturated carbocycles. The highest BCUT2D eigenvalue weighted by atomic mass is 35.5. The topological polar surface area (TPSA) is 13.1 Å². The van der Waals surface area contributed by atoms with E-state index in [1.807, 2.05) is 60.7 Å². The zero-order valence-corrected chi connectivity index (χ0v) is 10.4. The maximum Gasteiger partial charge on any atom is 0.134 e. The van der Waals surface area contributed by atoms with E-state index in [1.165, 1.54) is 0 Å². The molecule has 0 saturated heterocycles. The quantitative estimate of drug-likeness (QED) is 0.607. The van der Waals surface area contributed by atoms with Gasteiger partial charge in [-0.05, 0) is 23.8 Å². The minimum Gasteiger partial charge on any atom is -0.464 e. The summed E-state index contributed by atoms with van der Waals surface area (Å²) in [5, 5.41) is 0.741. The van der Waals surface area contributed by atoms with E-state index in [4.69, 9.17) is 16.0 Å². The molecule has 3 rings (SSSR count). The second-order valence-electron chi connectivity index (χ2n) is 4.07. The average Bonchev–Trinajstić information content (AvgIpc) is 2.90. The van der Waals surface area contributed by atoms with Crippen LogP contribution in [-0.2, 0) is 0 Å². The van der Waals surface area contributed by atoms with Crippen molar-refractivity contribution in [1.82, 2.24) is 0 Å². The Hall–Kier alpha value is -1.99. The van der Waals surface area contributed by atoms with Gasteiger partial charge < -0.3 is 4.42 Å². The summed E-state index contributed by atoms with van der Waals surface area (Å²) in [5.74, 6) is 0.876. The summed E-state index contributed by atoms with van der Waals surface area (Å²) < 4.78 is 5.60. The molecule has 88 valence electrons. The van der Waals surface area contributed by atoms with Crippen LogP contribution in [0.5, 0.6) is 0 Å². The molecule has 0 unspecified atom stereocenters. The van der Waals surface area contributed by atoms with E-state index < -0.39 is 0 Å². The molecule has 3 aromatic rings. The van der Waals surface area contributed by atoms with Gasteiger partial charge in [0.1, 0.15) is 5.76 Å². The first-order valence-electron chi connectivity index (χ1n) is 5.73. The molecule has 18 heavy (non-hydrogen) atoms. The number of hydrogen-bond donors (Lipinski definition) is 0. The summed E-state index contributed by atoms with van der Waals surface area (Å²) in [4.78, 5) is 0. The fourth-order valence-corrected chi connectivity index (χ4v) is 2.01. The second-order valence-corrected chi connectivity index (χ2v) is 4.51. The Balaban J connectivity index is 1.97. The maximum atomic E-state index is 5.88. The zero-order valence-electron chi connectivity index (χ0n) is 9.64. The van der Waals surface area contributed by atoms with E-state index in [0.717, 1.165) is 27.5 Å². The van der Waals surface area contributed by atoms with E-state index in [9.17, 15) is 0 Å². The molecule has 2 heteroatoms. The van der Waals surface area contributed by atoms with Crippen molar-refractivity contribution in [3.05, 3.63) is 71.9 Å². The van der Waals surface area contributed by atoms with Crippen LogP contribution in [0.15, 0.2) is 71.3 Å². The smallest absolute Gasteiger partial charge is 0.134 e. The minimum absolute atomic E-state index is 0.741. The van der Waals surface area contributed by atoms with Gasteiger partial charge in [-0.2, -0.15) is 0 Å². The van der Waals surface area contributed by atoms with Gasteiger partial charge in [-0.1, -0.05) is 54.1 Å². The van der Waals surface area contributed by atoms with Crippen LogP contribution in [0, 0.1) is 0 Å². The fourth-order valence-electron chi connectivity index (χ4n) is 1.88. The van der Waals surface area contributed by atoms with Crippen molar-refractivity contribution in [3.63, 3.8) is 0 Å². The molecule has 1 heterocycles. The van der Waals surface area contributed by atoms with Crippen LogP contribution in [-0.4, -0.2) is 0 Å². The first-order valence-corrected chi connectivity index (χ1v) is 6.10. The van der Waals surface area contributed by atoms with E-state index >= 15 is 0 Å². The minimum atomic E-state index is 0.741. The van der Waals surface area contributed by atoms with Crippen LogP contribution in [0.25, 0.3) is 22.5 Å². The van der Waals surface area contributed by atoms with Crippen molar-refractivity contribution in [1.29, 1.82) is 0 Å². The van der Waals surface area contributed by atoms with E-state index in [2.05, 4.69) is 0 Å². The Morgan fingerprint density at radius 3 is 2.17 bits per heavy atom. The van der Waals surface area contributed by atoms with Crippen molar-refractivity contribution in [3.8, 4) is 22.5 Å². The van der Waals surface area contributed by atoms with Crippen molar-refractivity contribution in [2.45, 2.75) is 0 Å². The first-order chi connectivity index (χ1) is 8.83. The van der Waals surface area contributed by atoms with Crippen LogP contribution >= 0.6 is 11.6 Å². The molecule has 0 atom stereocenters. The molecule has 0 bridgehead atoms. The first kappa shape index (κ1) is 11.1. The molecule has 0 aliphatic carbocycles. The molecule has 0 amide bonds. The Morgan fingerprint density at radius 2 is 1.44 bits per heavy atom. The largest absolute Gasteiger partial charge is 0.464 e. The monoisotopic (exact) mass is 254 g/mol. The third-order valence-corrected chi connectivity index (χ3v) is 3.09. The standard InChI is InChI=1S/C16H11ClO/c17-15-8-6-12(7-9-15)14-10-16(18-11-14)13-4-2-1-3-5-13/h1-11H. The number of hydrogen-bond acceptors (Lipinski definition) is 1.